The molecule has 25 heavy (non-hydrogen) atoms. The van der Waals surface area contributed by atoms with E-state index in [1.54, 1.807) is 30.3 Å². The van der Waals surface area contributed by atoms with Crippen molar-refractivity contribution in [3.05, 3.63) is 87.1 Å². The number of ketones is 1. The molecule has 0 fully saturated rings. The van der Waals surface area contributed by atoms with Crippen LogP contribution in [0.4, 0.5) is 0 Å². The fraction of sp³-hybridized carbons (Fsp3) is 0. The topological polar surface area (TPSA) is 50.1 Å². The lowest BCUT2D eigenvalue weighted by molar-refractivity contribution is 0.104. The van der Waals surface area contributed by atoms with Crippen molar-refractivity contribution in [2.75, 3.05) is 0 Å². The van der Waals surface area contributed by atoms with Gasteiger partial charge in [0, 0.05) is 10.6 Å². The molecule has 122 valence electrons. The number of benzene rings is 2. The van der Waals surface area contributed by atoms with Crippen LogP contribution in [0.15, 0.2) is 71.6 Å². The summed E-state index contributed by atoms with van der Waals surface area (Å²) in [4.78, 5) is 13.2. The number of nitriles is 1. The van der Waals surface area contributed by atoms with E-state index in [1.165, 1.54) is 11.3 Å². The quantitative estimate of drug-likeness (QED) is 0.317. The molecule has 0 spiro atoms. The van der Waals surface area contributed by atoms with E-state index >= 15 is 0 Å². The van der Waals surface area contributed by atoms with Crippen LogP contribution in [0.3, 0.4) is 0 Å². The lowest BCUT2D eigenvalue weighted by Gasteiger charge is -2.05. The number of thiophene rings is 1. The second-order valence-corrected chi connectivity index (χ2v) is 6.45. The molecular weight excluding hydrogens is 354 g/mol. The number of carbonyl (C=O) groups is 1. The minimum absolute atomic E-state index is 0.0442. The summed E-state index contributed by atoms with van der Waals surface area (Å²) in [5.74, 6) is 0.948. The normalized spacial score (nSPS) is 11.0. The molecule has 0 N–H and O–H groups in total. The molecule has 0 aliphatic heterocycles. The van der Waals surface area contributed by atoms with Gasteiger partial charge in [0.05, 0.1) is 4.88 Å². The minimum Gasteiger partial charge on any atom is -0.456 e. The number of hydrogen-bond donors (Lipinski definition) is 0. The van der Waals surface area contributed by atoms with E-state index in [0.717, 1.165) is 0 Å². The Morgan fingerprint density at radius 2 is 1.80 bits per heavy atom. The molecule has 0 saturated carbocycles. The van der Waals surface area contributed by atoms with Crippen LogP contribution in [0.1, 0.15) is 15.2 Å². The van der Waals surface area contributed by atoms with E-state index in [1.807, 2.05) is 47.8 Å². The molecule has 0 aliphatic rings. The molecule has 2 aromatic carbocycles. The average Bonchev–Trinajstić information content (AvgIpc) is 3.07. The minimum atomic E-state index is -0.349. The molecule has 0 saturated heterocycles. The van der Waals surface area contributed by atoms with E-state index in [9.17, 15) is 10.1 Å². The summed E-state index contributed by atoms with van der Waals surface area (Å²) in [5, 5.41) is 11.8. The first-order chi connectivity index (χ1) is 12.2. The molecular formula is C20H12ClNO2S. The molecule has 3 nitrogen and oxygen atoms in total. The highest BCUT2D eigenvalue weighted by atomic mass is 35.5. The Labute approximate surface area is 154 Å². The molecule has 0 bridgehead atoms. The van der Waals surface area contributed by atoms with Gasteiger partial charge in [0.15, 0.2) is 0 Å². The Morgan fingerprint density at radius 1 is 1.08 bits per heavy atom. The molecule has 0 amide bonds. The van der Waals surface area contributed by atoms with Gasteiger partial charge in [-0.1, -0.05) is 29.8 Å². The largest absolute Gasteiger partial charge is 0.456 e. The molecule has 0 unspecified atom stereocenters. The van der Waals surface area contributed by atoms with Crippen LogP contribution < -0.4 is 4.74 Å². The second kappa shape index (κ2) is 7.80. The van der Waals surface area contributed by atoms with E-state index in [4.69, 9.17) is 16.3 Å². The van der Waals surface area contributed by atoms with Crippen molar-refractivity contribution in [1.29, 1.82) is 5.26 Å². The van der Waals surface area contributed by atoms with Gasteiger partial charge < -0.3 is 4.74 Å². The molecule has 0 atom stereocenters. The van der Waals surface area contributed by atoms with E-state index in [0.29, 0.717) is 27.0 Å². The van der Waals surface area contributed by atoms with Gasteiger partial charge in [0.25, 0.3) is 0 Å². The van der Waals surface area contributed by atoms with Crippen molar-refractivity contribution in [2.45, 2.75) is 0 Å². The van der Waals surface area contributed by atoms with Crippen LogP contribution in [0.25, 0.3) is 6.08 Å². The summed E-state index contributed by atoms with van der Waals surface area (Å²) >= 11 is 7.24. The maximum Gasteiger partial charge on any atom is 0.203 e. The zero-order valence-corrected chi connectivity index (χ0v) is 14.6. The highest BCUT2D eigenvalue weighted by Gasteiger charge is 2.14. The number of para-hydroxylation sites is 1. The number of nitrogens with zero attached hydrogens (tertiary/aromatic N) is 1. The second-order valence-electron chi connectivity index (χ2n) is 5.07. The van der Waals surface area contributed by atoms with Gasteiger partial charge in [0.1, 0.15) is 23.1 Å². The summed E-state index contributed by atoms with van der Waals surface area (Å²) < 4.78 is 5.82. The Kier molecular flexibility index (Phi) is 5.30. The van der Waals surface area contributed by atoms with Gasteiger partial charge in [-0.2, -0.15) is 5.26 Å². The standard InChI is InChI=1S/C20H12ClNO2S/c21-16-8-6-14(7-9-16)20(23)15(13-22)12-19-18(10-11-25-19)24-17-4-2-1-3-5-17/h1-12H/b15-12+. The predicted molar refractivity (Wildman–Crippen MR) is 100 cm³/mol. The third-order valence-corrected chi connectivity index (χ3v) is 4.47. The maximum atomic E-state index is 12.5. The van der Waals surface area contributed by atoms with Crippen molar-refractivity contribution in [3.63, 3.8) is 0 Å². The SMILES string of the molecule is N#C/C(=C\c1sccc1Oc1ccccc1)C(=O)c1ccc(Cl)cc1. The van der Waals surface area contributed by atoms with E-state index < -0.39 is 0 Å². The predicted octanol–water partition coefficient (Wildman–Crippen LogP) is 5.98. The highest BCUT2D eigenvalue weighted by molar-refractivity contribution is 7.11. The third-order valence-electron chi connectivity index (χ3n) is 3.38. The van der Waals surface area contributed by atoms with Gasteiger partial charge in [-0.05, 0) is 53.9 Å². The summed E-state index contributed by atoms with van der Waals surface area (Å²) in [6, 6.07) is 19.6. The zero-order valence-electron chi connectivity index (χ0n) is 13.0. The number of allylic oxidation sites excluding steroid dienone is 1. The monoisotopic (exact) mass is 365 g/mol. The molecule has 0 radical (unpaired) electrons. The maximum absolute atomic E-state index is 12.5. The number of carbonyl (C=O) groups excluding carboxylic acids is 1. The van der Waals surface area contributed by atoms with Crippen LogP contribution in [-0.4, -0.2) is 5.78 Å². The average molecular weight is 366 g/mol. The lowest BCUT2D eigenvalue weighted by atomic mass is 10.0. The Bertz CT molecular complexity index is 953. The molecule has 1 heterocycles. The van der Waals surface area contributed by atoms with E-state index in [2.05, 4.69) is 0 Å². The number of Topliss-reactive ketones (excluding diaryl/α,β-unsaturated/α-hetero) is 1. The number of ether oxygens (including phenoxy) is 1. The van der Waals surface area contributed by atoms with Crippen LogP contribution in [0.2, 0.25) is 5.02 Å². The van der Waals surface area contributed by atoms with Gasteiger partial charge >= 0.3 is 0 Å². The highest BCUT2D eigenvalue weighted by Crippen LogP contribution is 2.32. The van der Waals surface area contributed by atoms with Gasteiger partial charge in [-0.15, -0.1) is 11.3 Å². The number of halogens is 1. The zero-order chi connectivity index (χ0) is 17.6. The van der Waals surface area contributed by atoms with Gasteiger partial charge in [-0.25, -0.2) is 0 Å². The van der Waals surface area contributed by atoms with Gasteiger partial charge in [-0.3, -0.25) is 4.79 Å². The van der Waals surface area contributed by atoms with E-state index in [-0.39, 0.29) is 11.4 Å². The van der Waals surface area contributed by atoms with Crippen molar-refractivity contribution < 1.29 is 9.53 Å². The van der Waals surface area contributed by atoms with Crippen LogP contribution in [0.5, 0.6) is 11.5 Å². The first kappa shape index (κ1) is 17.0. The summed E-state index contributed by atoms with van der Waals surface area (Å²) in [6.45, 7) is 0. The Hall–Kier alpha value is -2.87. The van der Waals surface area contributed by atoms with Crippen molar-refractivity contribution in [2.24, 2.45) is 0 Å². The fourth-order valence-electron chi connectivity index (χ4n) is 2.15. The lowest BCUT2D eigenvalue weighted by Crippen LogP contribution is -2.01. The molecule has 3 aromatic rings. The molecule has 3 rings (SSSR count). The Morgan fingerprint density at radius 3 is 2.48 bits per heavy atom. The first-order valence-corrected chi connectivity index (χ1v) is 8.65. The van der Waals surface area contributed by atoms with Crippen LogP contribution in [-0.2, 0) is 0 Å². The summed E-state index contributed by atoms with van der Waals surface area (Å²) in [6.07, 6.45) is 1.56. The van der Waals surface area contributed by atoms with Crippen molar-refractivity contribution >= 4 is 34.8 Å². The smallest absolute Gasteiger partial charge is 0.203 e. The Balaban J connectivity index is 1.88. The fourth-order valence-corrected chi connectivity index (χ4v) is 3.03. The van der Waals surface area contributed by atoms with Crippen LogP contribution >= 0.6 is 22.9 Å². The summed E-state index contributed by atoms with van der Waals surface area (Å²) in [7, 11) is 0. The molecule has 0 aliphatic carbocycles. The molecule has 1 aromatic heterocycles. The van der Waals surface area contributed by atoms with Crippen molar-refractivity contribution in [3.8, 4) is 17.6 Å². The third kappa shape index (κ3) is 4.16. The number of hydrogen-bond acceptors (Lipinski definition) is 4. The molecule has 5 heteroatoms. The first-order valence-electron chi connectivity index (χ1n) is 7.40. The number of rotatable bonds is 5. The van der Waals surface area contributed by atoms with Crippen LogP contribution in [0, 0.1) is 11.3 Å². The van der Waals surface area contributed by atoms with Crippen molar-refractivity contribution in [1.82, 2.24) is 0 Å². The van der Waals surface area contributed by atoms with Gasteiger partial charge in [0.2, 0.25) is 5.78 Å². The summed E-state index contributed by atoms with van der Waals surface area (Å²) in [5.41, 5.74) is 0.460.